The molecule has 0 aliphatic rings. The molecule has 3 N–H and O–H groups in total. The van der Waals surface area contributed by atoms with Crippen LogP contribution >= 0.6 is 11.3 Å². The summed E-state index contributed by atoms with van der Waals surface area (Å²) in [5.74, 6) is -5.46. The highest BCUT2D eigenvalue weighted by molar-refractivity contribution is 7.18. The molecule has 0 spiro atoms. The summed E-state index contributed by atoms with van der Waals surface area (Å²) in [4.78, 5) is 11.1. The number of nitrogen functional groups attached to an aromatic ring is 1. The van der Waals surface area contributed by atoms with Gasteiger partial charge in [0.2, 0.25) is 0 Å². The van der Waals surface area contributed by atoms with Gasteiger partial charge in [-0.15, -0.1) is 11.3 Å². The molecule has 7 heteroatoms. The molecular weight excluding hydrogens is 279 g/mol. The standard InChI is InChI=1S/C12H8F3NO2S/c1-4-9(16)11(12(17)18)19-10(4)5-2-6(13)8(15)7(14)3-5/h2-3H,16H2,1H3,(H,17,18). The summed E-state index contributed by atoms with van der Waals surface area (Å²) in [5.41, 5.74) is 6.11. The lowest BCUT2D eigenvalue weighted by Gasteiger charge is -2.02. The van der Waals surface area contributed by atoms with Crippen molar-refractivity contribution in [3.05, 3.63) is 40.0 Å². The van der Waals surface area contributed by atoms with Gasteiger partial charge < -0.3 is 10.8 Å². The van der Waals surface area contributed by atoms with Gasteiger partial charge in [0.05, 0.1) is 5.69 Å². The Bertz CT molecular complexity index is 659. The van der Waals surface area contributed by atoms with Gasteiger partial charge in [0.1, 0.15) is 4.88 Å². The van der Waals surface area contributed by atoms with E-state index in [1.54, 1.807) is 0 Å². The molecule has 19 heavy (non-hydrogen) atoms. The molecule has 0 saturated heterocycles. The minimum absolute atomic E-state index is 0.0395. The molecule has 1 aromatic carbocycles. The minimum atomic E-state index is -1.57. The average Bonchev–Trinajstić information content (AvgIpc) is 2.63. The van der Waals surface area contributed by atoms with Crippen molar-refractivity contribution >= 4 is 23.0 Å². The Morgan fingerprint density at radius 3 is 2.21 bits per heavy atom. The second kappa shape index (κ2) is 4.58. The molecule has 1 aromatic heterocycles. The van der Waals surface area contributed by atoms with E-state index in [0.717, 1.165) is 23.5 Å². The Labute approximate surface area is 110 Å². The van der Waals surface area contributed by atoms with Gasteiger partial charge in [-0.1, -0.05) is 0 Å². The number of aromatic carboxylic acids is 1. The number of carboxylic acids is 1. The Kier molecular flexibility index (Phi) is 3.23. The van der Waals surface area contributed by atoms with Gasteiger partial charge >= 0.3 is 5.97 Å². The van der Waals surface area contributed by atoms with Gasteiger partial charge in [0.15, 0.2) is 17.5 Å². The maximum Gasteiger partial charge on any atom is 0.348 e. The second-order valence-electron chi connectivity index (χ2n) is 3.86. The number of hydrogen-bond donors (Lipinski definition) is 2. The third-order valence-electron chi connectivity index (χ3n) is 2.63. The molecule has 0 amide bonds. The Morgan fingerprint density at radius 2 is 1.79 bits per heavy atom. The van der Waals surface area contributed by atoms with Gasteiger partial charge in [-0.05, 0) is 30.2 Å². The smallest absolute Gasteiger partial charge is 0.348 e. The van der Waals surface area contributed by atoms with Crippen molar-refractivity contribution in [2.45, 2.75) is 6.92 Å². The van der Waals surface area contributed by atoms with Crippen LogP contribution in [0.25, 0.3) is 10.4 Å². The summed E-state index contributed by atoms with van der Waals surface area (Å²) in [5, 5.41) is 8.93. The molecule has 3 nitrogen and oxygen atoms in total. The number of hydrogen-bond acceptors (Lipinski definition) is 3. The summed E-state index contributed by atoms with van der Waals surface area (Å²) in [6, 6.07) is 1.62. The molecule has 0 unspecified atom stereocenters. The number of anilines is 1. The van der Waals surface area contributed by atoms with E-state index >= 15 is 0 Å². The fourth-order valence-corrected chi connectivity index (χ4v) is 2.70. The second-order valence-corrected chi connectivity index (χ2v) is 4.88. The Balaban J connectivity index is 2.66. The molecule has 2 rings (SSSR count). The minimum Gasteiger partial charge on any atom is -0.477 e. The van der Waals surface area contributed by atoms with E-state index in [1.807, 2.05) is 0 Å². The summed E-state index contributed by atoms with van der Waals surface area (Å²) in [6.45, 7) is 1.53. The van der Waals surface area contributed by atoms with Crippen LogP contribution in [0.4, 0.5) is 18.9 Å². The third kappa shape index (κ3) is 2.17. The van der Waals surface area contributed by atoms with Crippen molar-refractivity contribution in [1.82, 2.24) is 0 Å². The highest BCUT2D eigenvalue weighted by atomic mass is 32.1. The maximum atomic E-state index is 13.2. The third-order valence-corrected chi connectivity index (χ3v) is 3.98. The lowest BCUT2D eigenvalue weighted by molar-refractivity contribution is 0.0703. The normalized spacial score (nSPS) is 10.7. The summed E-state index contributed by atoms with van der Waals surface area (Å²) < 4.78 is 39.2. The number of carboxylic acid groups (broad SMARTS) is 1. The van der Waals surface area contributed by atoms with E-state index in [1.165, 1.54) is 6.92 Å². The van der Waals surface area contributed by atoms with Crippen LogP contribution in [0, 0.1) is 24.4 Å². The number of rotatable bonds is 2. The molecule has 0 aliphatic heterocycles. The molecule has 0 radical (unpaired) electrons. The number of halogens is 3. The molecule has 100 valence electrons. The van der Waals surface area contributed by atoms with E-state index in [4.69, 9.17) is 10.8 Å². The van der Waals surface area contributed by atoms with E-state index in [0.29, 0.717) is 10.4 Å². The molecule has 0 bridgehead atoms. The molecule has 2 aromatic rings. The number of carbonyl (C=O) groups is 1. The van der Waals surface area contributed by atoms with Crippen LogP contribution in [0.15, 0.2) is 12.1 Å². The van der Waals surface area contributed by atoms with Gasteiger partial charge in [-0.3, -0.25) is 0 Å². The van der Waals surface area contributed by atoms with Gasteiger partial charge in [-0.2, -0.15) is 0 Å². The first kappa shape index (κ1) is 13.4. The Morgan fingerprint density at radius 1 is 1.26 bits per heavy atom. The fraction of sp³-hybridized carbons (Fsp3) is 0.0833. The van der Waals surface area contributed by atoms with E-state index in [9.17, 15) is 18.0 Å². The fourth-order valence-electron chi connectivity index (χ4n) is 1.65. The van der Waals surface area contributed by atoms with Crippen LogP contribution in [-0.2, 0) is 0 Å². The van der Waals surface area contributed by atoms with Crippen molar-refractivity contribution in [2.75, 3.05) is 5.73 Å². The quantitative estimate of drug-likeness (QED) is 0.832. The molecule has 0 atom stereocenters. The summed E-state index contributed by atoms with van der Waals surface area (Å²) in [7, 11) is 0. The highest BCUT2D eigenvalue weighted by Crippen LogP contribution is 2.38. The van der Waals surface area contributed by atoms with E-state index < -0.39 is 23.4 Å². The van der Waals surface area contributed by atoms with Crippen LogP contribution in [-0.4, -0.2) is 11.1 Å². The summed E-state index contributed by atoms with van der Waals surface area (Å²) >= 11 is 0.790. The van der Waals surface area contributed by atoms with E-state index in [-0.39, 0.29) is 16.1 Å². The van der Waals surface area contributed by atoms with Crippen molar-refractivity contribution < 1.29 is 23.1 Å². The highest BCUT2D eigenvalue weighted by Gasteiger charge is 2.20. The topological polar surface area (TPSA) is 63.3 Å². The predicted molar refractivity (Wildman–Crippen MR) is 65.7 cm³/mol. The zero-order chi connectivity index (χ0) is 14.3. The molecular formula is C12H8F3NO2S. The van der Waals surface area contributed by atoms with Crippen molar-refractivity contribution in [3.63, 3.8) is 0 Å². The largest absolute Gasteiger partial charge is 0.477 e. The average molecular weight is 287 g/mol. The monoisotopic (exact) mass is 287 g/mol. The first-order chi connectivity index (χ1) is 8.82. The van der Waals surface area contributed by atoms with Crippen LogP contribution < -0.4 is 5.73 Å². The molecule has 0 aliphatic carbocycles. The SMILES string of the molecule is Cc1c(-c2cc(F)c(F)c(F)c2)sc(C(=O)O)c1N. The first-order valence-corrected chi connectivity index (χ1v) is 5.91. The number of thiophene rings is 1. The number of benzene rings is 1. The van der Waals surface area contributed by atoms with Gasteiger partial charge in [-0.25, -0.2) is 18.0 Å². The Hall–Kier alpha value is -2.02. The van der Waals surface area contributed by atoms with Crippen LogP contribution in [0.1, 0.15) is 15.2 Å². The van der Waals surface area contributed by atoms with Crippen molar-refractivity contribution in [3.8, 4) is 10.4 Å². The van der Waals surface area contributed by atoms with Crippen LogP contribution in [0.3, 0.4) is 0 Å². The summed E-state index contributed by atoms with van der Waals surface area (Å²) in [6.07, 6.45) is 0. The van der Waals surface area contributed by atoms with Crippen molar-refractivity contribution in [2.24, 2.45) is 0 Å². The van der Waals surface area contributed by atoms with E-state index in [2.05, 4.69) is 0 Å². The zero-order valence-corrected chi connectivity index (χ0v) is 10.4. The first-order valence-electron chi connectivity index (χ1n) is 5.10. The lowest BCUT2D eigenvalue weighted by Crippen LogP contribution is -1.97. The predicted octanol–water partition coefficient (Wildman–Crippen LogP) is 3.42. The maximum absolute atomic E-state index is 13.2. The van der Waals surface area contributed by atoms with Crippen LogP contribution in [0.5, 0.6) is 0 Å². The van der Waals surface area contributed by atoms with Crippen molar-refractivity contribution in [1.29, 1.82) is 0 Å². The van der Waals surface area contributed by atoms with Gasteiger partial charge in [0, 0.05) is 4.88 Å². The zero-order valence-electron chi connectivity index (χ0n) is 9.63. The van der Waals surface area contributed by atoms with Gasteiger partial charge in [0.25, 0.3) is 0 Å². The lowest BCUT2D eigenvalue weighted by atomic mass is 10.1. The molecule has 1 heterocycles. The van der Waals surface area contributed by atoms with Crippen LogP contribution in [0.2, 0.25) is 0 Å². The number of nitrogens with two attached hydrogens (primary N) is 1. The molecule has 0 fully saturated rings. The molecule has 0 saturated carbocycles.